The molecule has 2 aliphatic carbocycles. The van der Waals surface area contributed by atoms with E-state index in [4.69, 9.17) is 15.0 Å². The molecule has 0 bridgehead atoms. The summed E-state index contributed by atoms with van der Waals surface area (Å²) in [5.41, 5.74) is 17.6. The Morgan fingerprint density at radius 3 is 1.20 bits per heavy atom. The van der Waals surface area contributed by atoms with E-state index >= 15 is 0 Å². The zero-order valence-electron chi connectivity index (χ0n) is 29.9. The standard InChI is InChI=1S/C52H33N3/c1-3-16-34(17-4-1)49-53-50(35-18-5-2-6-19-35)55-51(54-49)44-26-8-7-22-39(44)38-21-15-20-36(32-38)37-30-31-43-42-25-11-14-29-47(42)52(48(43)33-37)45-27-12-9-23-40(45)41-24-10-13-28-46(41)52/h1-33H. The van der Waals surface area contributed by atoms with Gasteiger partial charge in [-0.3, -0.25) is 0 Å². The molecule has 1 spiro atoms. The molecule has 3 heteroatoms. The molecule has 55 heavy (non-hydrogen) atoms. The highest BCUT2D eigenvalue weighted by Gasteiger charge is 2.51. The van der Waals surface area contributed by atoms with Gasteiger partial charge in [-0.25, -0.2) is 15.0 Å². The number of hydrogen-bond acceptors (Lipinski definition) is 3. The van der Waals surface area contributed by atoms with E-state index in [9.17, 15) is 0 Å². The number of aromatic nitrogens is 3. The zero-order valence-corrected chi connectivity index (χ0v) is 29.9. The van der Waals surface area contributed by atoms with Gasteiger partial charge in [0.05, 0.1) is 5.41 Å². The average Bonchev–Trinajstić information content (AvgIpc) is 3.74. The summed E-state index contributed by atoms with van der Waals surface area (Å²) in [4.78, 5) is 15.1. The Morgan fingerprint density at radius 2 is 0.636 bits per heavy atom. The van der Waals surface area contributed by atoms with E-state index in [0.717, 1.165) is 33.4 Å². The van der Waals surface area contributed by atoms with Crippen LogP contribution in [-0.2, 0) is 5.41 Å². The molecule has 0 radical (unpaired) electrons. The highest BCUT2D eigenvalue weighted by atomic mass is 15.0. The van der Waals surface area contributed by atoms with Crippen LogP contribution in [0.4, 0.5) is 0 Å². The molecule has 11 rings (SSSR count). The smallest absolute Gasteiger partial charge is 0.164 e. The lowest BCUT2D eigenvalue weighted by Gasteiger charge is -2.30. The Bertz CT molecular complexity index is 2810. The molecule has 9 aromatic rings. The van der Waals surface area contributed by atoms with Crippen molar-refractivity contribution in [3.8, 4) is 78.7 Å². The van der Waals surface area contributed by atoms with Crippen molar-refractivity contribution in [2.75, 3.05) is 0 Å². The summed E-state index contributed by atoms with van der Waals surface area (Å²) < 4.78 is 0. The van der Waals surface area contributed by atoms with Crippen LogP contribution in [0, 0.1) is 0 Å². The van der Waals surface area contributed by atoms with Crippen LogP contribution in [0.3, 0.4) is 0 Å². The fourth-order valence-electron chi connectivity index (χ4n) is 9.00. The van der Waals surface area contributed by atoms with E-state index in [1.54, 1.807) is 0 Å². The highest BCUT2D eigenvalue weighted by Crippen LogP contribution is 2.63. The van der Waals surface area contributed by atoms with E-state index in [0.29, 0.717) is 17.5 Å². The molecule has 0 aliphatic heterocycles. The van der Waals surface area contributed by atoms with E-state index in [-0.39, 0.29) is 5.41 Å². The normalized spacial score (nSPS) is 12.9. The van der Waals surface area contributed by atoms with Gasteiger partial charge in [0.2, 0.25) is 0 Å². The van der Waals surface area contributed by atoms with Crippen molar-refractivity contribution >= 4 is 0 Å². The van der Waals surface area contributed by atoms with Crippen LogP contribution in [0.5, 0.6) is 0 Å². The molecule has 0 fully saturated rings. The Kier molecular flexibility index (Phi) is 7.08. The summed E-state index contributed by atoms with van der Waals surface area (Å²) in [6, 6.07) is 71.6. The van der Waals surface area contributed by atoms with Crippen LogP contribution in [0.1, 0.15) is 22.3 Å². The highest BCUT2D eigenvalue weighted by molar-refractivity contribution is 5.96. The number of nitrogens with zero attached hydrogens (tertiary/aromatic N) is 3. The predicted molar refractivity (Wildman–Crippen MR) is 223 cm³/mol. The second-order valence-corrected chi connectivity index (χ2v) is 14.3. The fourth-order valence-corrected chi connectivity index (χ4v) is 9.00. The number of benzene rings is 8. The van der Waals surface area contributed by atoms with Gasteiger partial charge >= 0.3 is 0 Å². The van der Waals surface area contributed by atoms with Crippen LogP contribution in [0.15, 0.2) is 200 Å². The summed E-state index contributed by atoms with van der Waals surface area (Å²) >= 11 is 0. The van der Waals surface area contributed by atoms with Gasteiger partial charge in [0.15, 0.2) is 17.5 Å². The van der Waals surface area contributed by atoms with E-state index in [1.165, 1.54) is 50.1 Å². The molecule has 2 aliphatic rings. The van der Waals surface area contributed by atoms with Crippen molar-refractivity contribution in [3.05, 3.63) is 222 Å². The summed E-state index contributed by atoms with van der Waals surface area (Å²) in [6.07, 6.45) is 0. The van der Waals surface area contributed by atoms with Crippen LogP contribution < -0.4 is 0 Å². The summed E-state index contributed by atoms with van der Waals surface area (Å²) in [5, 5.41) is 0. The molecule has 0 unspecified atom stereocenters. The first kappa shape index (κ1) is 31.3. The SMILES string of the molecule is c1ccc(-c2nc(-c3ccccc3)nc(-c3ccccc3-c3cccc(-c4ccc5c(c4)C4(c6ccccc6-c6ccccc64)c4ccccc4-5)c3)n2)cc1. The lowest BCUT2D eigenvalue weighted by atomic mass is 9.70. The Labute approximate surface area is 320 Å². The second kappa shape index (κ2) is 12.4. The van der Waals surface area contributed by atoms with Crippen molar-refractivity contribution in [1.29, 1.82) is 0 Å². The molecule has 8 aromatic carbocycles. The van der Waals surface area contributed by atoms with Crippen LogP contribution >= 0.6 is 0 Å². The number of rotatable bonds is 5. The molecule has 0 atom stereocenters. The first-order valence-corrected chi connectivity index (χ1v) is 18.8. The number of fused-ring (bicyclic) bond motifs is 10. The summed E-state index contributed by atoms with van der Waals surface area (Å²) in [6.45, 7) is 0. The summed E-state index contributed by atoms with van der Waals surface area (Å²) in [7, 11) is 0. The van der Waals surface area contributed by atoms with Crippen molar-refractivity contribution < 1.29 is 0 Å². The third kappa shape index (κ3) is 4.80. The van der Waals surface area contributed by atoms with Gasteiger partial charge in [0.1, 0.15) is 0 Å². The predicted octanol–water partition coefficient (Wildman–Crippen LogP) is 12.6. The molecule has 0 saturated carbocycles. The third-order valence-corrected chi connectivity index (χ3v) is 11.4. The van der Waals surface area contributed by atoms with Gasteiger partial charge in [-0.1, -0.05) is 188 Å². The van der Waals surface area contributed by atoms with Gasteiger partial charge in [-0.15, -0.1) is 0 Å². The molecule has 3 nitrogen and oxygen atoms in total. The molecular weight excluding hydrogens is 667 g/mol. The minimum Gasteiger partial charge on any atom is -0.208 e. The zero-order chi connectivity index (χ0) is 36.3. The lowest BCUT2D eigenvalue weighted by Crippen LogP contribution is -2.25. The lowest BCUT2D eigenvalue weighted by molar-refractivity contribution is 0.794. The maximum Gasteiger partial charge on any atom is 0.164 e. The first-order valence-electron chi connectivity index (χ1n) is 18.8. The molecule has 1 heterocycles. The van der Waals surface area contributed by atoms with Gasteiger partial charge in [-0.05, 0) is 78.9 Å². The maximum absolute atomic E-state index is 5.08. The molecular formula is C52H33N3. The van der Waals surface area contributed by atoms with E-state index < -0.39 is 0 Å². The van der Waals surface area contributed by atoms with Crippen LogP contribution in [0.25, 0.3) is 78.7 Å². The van der Waals surface area contributed by atoms with Gasteiger partial charge < -0.3 is 0 Å². The monoisotopic (exact) mass is 699 g/mol. The minimum atomic E-state index is -0.384. The molecule has 256 valence electrons. The fraction of sp³-hybridized carbons (Fsp3) is 0.0192. The Morgan fingerprint density at radius 1 is 0.236 bits per heavy atom. The van der Waals surface area contributed by atoms with Gasteiger partial charge in [-0.2, -0.15) is 0 Å². The molecule has 1 aromatic heterocycles. The third-order valence-electron chi connectivity index (χ3n) is 11.4. The Hall–Kier alpha value is -7.23. The number of hydrogen-bond donors (Lipinski definition) is 0. The van der Waals surface area contributed by atoms with Crippen molar-refractivity contribution in [1.82, 2.24) is 15.0 Å². The topological polar surface area (TPSA) is 38.7 Å². The van der Waals surface area contributed by atoms with Gasteiger partial charge in [0.25, 0.3) is 0 Å². The first-order chi connectivity index (χ1) is 27.3. The van der Waals surface area contributed by atoms with Crippen LogP contribution in [-0.4, -0.2) is 15.0 Å². The van der Waals surface area contributed by atoms with E-state index in [2.05, 4.69) is 140 Å². The Balaban J connectivity index is 1.06. The average molecular weight is 700 g/mol. The van der Waals surface area contributed by atoms with Gasteiger partial charge in [0, 0.05) is 16.7 Å². The van der Waals surface area contributed by atoms with E-state index in [1.807, 2.05) is 60.7 Å². The quantitative estimate of drug-likeness (QED) is 0.179. The second-order valence-electron chi connectivity index (χ2n) is 14.3. The van der Waals surface area contributed by atoms with Crippen molar-refractivity contribution in [3.63, 3.8) is 0 Å². The summed E-state index contributed by atoms with van der Waals surface area (Å²) in [5.74, 6) is 1.94. The molecule has 0 saturated heterocycles. The maximum atomic E-state index is 5.08. The molecule has 0 N–H and O–H groups in total. The van der Waals surface area contributed by atoms with Crippen molar-refractivity contribution in [2.45, 2.75) is 5.41 Å². The minimum absolute atomic E-state index is 0.384. The van der Waals surface area contributed by atoms with Crippen molar-refractivity contribution in [2.24, 2.45) is 0 Å². The molecule has 0 amide bonds. The van der Waals surface area contributed by atoms with Crippen LogP contribution in [0.2, 0.25) is 0 Å². The largest absolute Gasteiger partial charge is 0.208 e.